The third-order valence-corrected chi connectivity index (χ3v) is 4.15. The van der Waals surface area contributed by atoms with Crippen molar-refractivity contribution in [3.05, 3.63) is 18.0 Å². The van der Waals surface area contributed by atoms with Crippen LogP contribution in [0.3, 0.4) is 0 Å². The van der Waals surface area contributed by atoms with E-state index in [-0.39, 0.29) is 23.5 Å². The van der Waals surface area contributed by atoms with Gasteiger partial charge in [-0.05, 0) is 6.42 Å². The van der Waals surface area contributed by atoms with E-state index < -0.39 is 6.04 Å². The van der Waals surface area contributed by atoms with Gasteiger partial charge in [0, 0.05) is 37.4 Å². The Bertz CT molecular complexity index is 469. The average Bonchev–Trinajstić information content (AvgIpc) is 2.79. The van der Waals surface area contributed by atoms with Crippen molar-refractivity contribution in [3.63, 3.8) is 0 Å². The molecule has 1 aromatic heterocycles. The number of carbonyl (C=O) groups is 1. The van der Waals surface area contributed by atoms with Gasteiger partial charge in [0.2, 0.25) is 5.91 Å². The molecule has 1 aliphatic carbocycles. The number of methoxy groups -OCH3 is 1. The minimum atomic E-state index is -0.675. The van der Waals surface area contributed by atoms with Crippen LogP contribution in [0.1, 0.15) is 31.9 Å². The fourth-order valence-corrected chi connectivity index (χ4v) is 2.54. The lowest BCUT2D eigenvalue weighted by molar-refractivity contribution is -0.133. The second-order valence-electron chi connectivity index (χ2n) is 5.77. The SMILES string of the molecule is COC1CC(NC(=O)C(N)c2cnn(C)c2)C1(C)C. The van der Waals surface area contributed by atoms with Crippen molar-refractivity contribution < 1.29 is 9.53 Å². The first-order chi connectivity index (χ1) is 8.86. The first kappa shape index (κ1) is 14.0. The summed E-state index contributed by atoms with van der Waals surface area (Å²) in [6, 6.07) is -0.571. The summed E-state index contributed by atoms with van der Waals surface area (Å²) in [5.74, 6) is -0.166. The van der Waals surface area contributed by atoms with Crippen molar-refractivity contribution in [2.45, 2.75) is 38.5 Å². The summed E-state index contributed by atoms with van der Waals surface area (Å²) in [7, 11) is 3.50. The molecule has 19 heavy (non-hydrogen) atoms. The number of ether oxygens (including phenoxy) is 1. The van der Waals surface area contributed by atoms with Gasteiger partial charge >= 0.3 is 0 Å². The Labute approximate surface area is 113 Å². The van der Waals surface area contributed by atoms with Crippen molar-refractivity contribution in [1.29, 1.82) is 0 Å². The first-order valence-electron chi connectivity index (χ1n) is 6.43. The summed E-state index contributed by atoms with van der Waals surface area (Å²) in [5.41, 5.74) is 6.60. The standard InChI is InChI=1S/C13H22N4O2/c1-13(2)9(5-10(13)19-4)16-12(18)11(14)8-6-15-17(3)7-8/h6-7,9-11H,5,14H2,1-4H3,(H,16,18). The highest BCUT2D eigenvalue weighted by atomic mass is 16.5. The van der Waals surface area contributed by atoms with Crippen LogP contribution in [0.25, 0.3) is 0 Å². The van der Waals surface area contributed by atoms with E-state index in [1.165, 1.54) is 0 Å². The van der Waals surface area contributed by atoms with Gasteiger partial charge in [-0.15, -0.1) is 0 Å². The zero-order valence-electron chi connectivity index (χ0n) is 11.9. The highest BCUT2D eigenvalue weighted by molar-refractivity contribution is 5.83. The van der Waals surface area contributed by atoms with E-state index in [0.29, 0.717) is 0 Å². The molecule has 0 bridgehead atoms. The van der Waals surface area contributed by atoms with Crippen molar-refractivity contribution in [2.24, 2.45) is 18.2 Å². The lowest BCUT2D eigenvalue weighted by atomic mass is 9.64. The third kappa shape index (κ3) is 2.50. The quantitative estimate of drug-likeness (QED) is 0.824. The van der Waals surface area contributed by atoms with E-state index in [2.05, 4.69) is 24.3 Å². The summed E-state index contributed by atoms with van der Waals surface area (Å²) in [6.07, 6.45) is 4.39. The number of nitrogens with zero attached hydrogens (tertiary/aromatic N) is 2. The monoisotopic (exact) mass is 266 g/mol. The largest absolute Gasteiger partial charge is 0.381 e. The molecule has 0 spiro atoms. The number of rotatable bonds is 4. The van der Waals surface area contributed by atoms with Gasteiger partial charge in [0.25, 0.3) is 0 Å². The lowest BCUT2D eigenvalue weighted by Crippen LogP contribution is -2.62. The smallest absolute Gasteiger partial charge is 0.241 e. The van der Waals surface area contributed by atoms with E-state index in [0.717, 1.165) is 12.0 Å². The molecular formula is C13H22N4O2. The number of nitrogens with two attached hydrogens (primary N) is 1. The average molecular weight is 266 g/mol. The van der Waals surface area contributed by atoms with Crippen molar-refractivity contribution in [3.8, 4) is 0 Å². The Kier molecular flexibility index (Phi) is 3.64. The predicted molar refractivity (Wildman–Crippen MR) is 71.3 cm³/mol. The molecule has 0 radical (unpaired) electrons. The Morgan fingerprint density at radius 2 is 2.37 bits per heavy atom. The van der Waals surface area contributed by atoms with Gasteiger partial charge in [-0.2, -0.15) is 5.10 Å². The topological polar surface area (TPSA) is 82.2 Å². The first-order valence-corrected chi connectivity index (χ1v) is 6.43. The van der Waals surface area contributed by atoms with E-state index in [9.17, 15) is 4.79 Å². The number of hydrogen-bond acceptors (Lipinski definition) is 4. The second kappa shape index (κ2) is 4.94. The Hall–Kier alpha value is -1.40. The Balaban J connectivity index is 1.95. The molecule has 3 N–H and O–H groups in total. The number of nitrogens with one attached hydrogen (secondary N) is 1. The number of amides is 1. The predicted octanol–water partition coefficient (Wildman–Crippen LogP) is 0.350. The molecule has 3 unspecified atom stereocenters. The maximum Gasteiger partial charge on any atom is 0.241 e. The van der Waals surface area contributed by atoms with Crippen LogP contribution in [-0.2, 0) is 16.6 Å². The van der Waals surface area contributed by atoms with Crippen LogP contribution < -0.4 is 11.1 Å². The van der Waals surface area contributed by atoms with Gasteiger partial charge in [0.15, 0.2) is 0 Å². The van der Waals surface area contributed by atoms with Crippen LogP contribution in [0.2, 0.25) is 0 Å². The fourth-order valence-electron chi connectivity index (χ4n) is 2.54. The molecule has 1 fully saturated rings. The molecule has 1 saturated carbocycles. The van der Waals surface area contributed by atoms with E-state index in [4.69, 9.17) is 10.5 Å². The van der Waals surface area contributed by atoms with Crippen molar-refractivity contribution >= 4 is 5.91 Å². The van der Waals surface area contributed by atoms with Gasteiger partial charge in [-0.25, -0.2) is 0 Å². The normalized spacial score (nSPS) is 26.6. The van der Waals surface area contributed by atoms with Crippen LogP contribution in [0.15, 0.2) is 12.4 Å². The molecule has 6 heteroatoms. The Morgan fingerprint density at radius 1 is 1.68 bits per heavy atom. The molecule has 0 aromatic carbocycles. The summed E-state index contributed by atoms with van der Waals surface area (Å²) >= 11 is 0. The molecule has 0 aliphatic heterocycles. The molecule has 1 aromatic rings. The van der Waals surface area contributed by atoms with Gasteiger partial charge in [-0.1, -0.05) is 13.8 Å². The molecule has 0 saturated heterocycles. The molecule has 3 atom stereocenters. The van der Waals surface area contributed by atoms with Crippen LogP contribution >= 0.6 is 0 Å². The fraction of sp³-hybridized carbons (Fsp3) is 0.692. The maximum absolute atomic E-state index is 12.1. The second-order valence-corrected chi connectivity index (χ2v) is 5.77. The summed E-state index contributed by atoms with van der Waals surface area (Å²) < 4.78 is 7.00. The number of aromatic nitrogens is 2. The molecule has 1 heterocycles. The highest BCUT2D eigenvalue weighted by Crippen LogP contribution is 2.42. The molecule has 6 nitrogen and oxygen atoms in total. The zero-order valence-corrected chi connectivity index (χ0v) is 11.9. The number of carbonyl (C=O) groups excluding carboxylic acids is 1. The van der Waals surface area contributed by atoms with Gasteiger partial charge in [0.1, 0.15) is 6.04 Å². The van der Waals surface area contributed by atoms with E-state index in [1.807, 2.05) is 0 Å². The van der Waals surface area contributed by atoms with Gasteiger partial charge in [0.05, 0.1) is 12.3 Å². The summed E-state index contributed by atoms with van der Waals surface area (Å²) in [4.78, 5) is 12.1. The third-order valence-electron chi connectivity index (χ3n) is 4.15. The van der Waals surface area contributed by atoms with Crippen LogP contribution in [0, 0.1) is 5.41 Å². The molecule has 106 valence electrons. The molecular weight excluding hydrogens is 244 g/mol. The zero-order chi connectivity index (χ0) is 14.2. The highest BCUT2D eigenvalue weighted by Gasteiger charge is 2.49. The van der Waals surface area contributed by atoms with Crippen LogP contribution in [0.5, 0.6) is 0 Å². The molecule has 2 rings (SSSR count). The van der Waals surface area contributed by atoms with Crippen LogP contribution in [0.4, 0.5) is 0 Å². The minimum absolute atomic E-state index is 0.0565. The summed E-state index contributed by atoms with van der Waals surface area (Å²) in [5, 5.41) is 7.02. The van der Waals surface area contributed by atoms with Gasteiger partial charge < -0.3 is 15.8 Å². The number of hydrogen-bond donors (Lipinski definition) is 2. The maximum atomic E-state index is 12.1. The summed E-state index contributed by atoms with van der Waals surface area (Å²) in [6.45, 7) is 4.18. The van der Waals surface area contributed by atoms with E-state index >= 15 is 0 Å². The van der Waals surface area contributed by atoms with Crippen LogP contribution in [-0.4, -0.2) is 34.9 Å². The van der Waals surface area contributed by atoms with Gasteiger partial charge in [-0.3, -0.25) is 9.48 Å². The molecule has 1 aliphatic rings. The lowest BCUT2D eigenvalue weighted by Gasteiger charge is -2.51. The van der Waals surface area contributed by atoms with Crippen molar-refractivity contribution in [2.75, 3.05) is 7.11 Å². The Morgan fingerprint density at radius 3 is 2.84 bits per heavy atom. The molecule has 1 amide bonds. The number of aryl methyl sites for hydroxylation is 1. The van der Waals surface area contributed by atoms with E-state index in [1.54, 1.807) is 31.2 Å². The van der Waals surface area contributed by atoms with Crippen molar-refractivity contribution in [1.82, 2.24) is 15.1 Å². The minimum Gasteiger partial charge on any atom is -0.381 e.